The van der Waals surface area contributed by atoms with Crippen LogP contribution in [0, 0.1) is 23.2 Å². The van der Waals surface area contributed by atoms with E-state index in [1.54, 1.807) is 18.3 Å². The van der Waals surface area contributed by atoms with Gasteiger partial charge in [-0.15, -0.1) is 11.3 Å². The van der Waals surface area contributed by atoms with Crippen molar-refractivity contribution in [2.45, 2.75) is 46.0 Å². The number of nitrogens with zero attached hydrogens (tertiary/aromatic N) is 2. The Balaban J connectivity index is 1.61. The van der Waals surface area contributed by atoms with Gasteiger partial charge in [0, 0.05) is 11.4 Å². The van der Waals surface area contributed by atoms with Crippen LogP contribution in [0.25, 0.3) is 0 Å². The summed E-state index contributed by atoms with van der Waals surface area (Å²) in [5.41, 5.74) is 1.76. The summed E-state index contributed by atoms with van der Waals surface area (Å²) >= 11 is 1.55. The number of nitrogens with one attached hydrogen (secondary N) is 1. The van der Waals surface area contributed by atoms with Gasteiger partial charge in [0.05, 0.1) is 24.6 Å². The van der Waals surface area contributed by atoms with Crippen LogP contribution in [0.5, 0.6) is 0 Å². The van der Waals surface area contributed by atoms with E-state index in [1.165, 1.54) is 4.88 Å². The molecule has 1 fully saturated rings. The topological polar surface area (TPSA) is 82.4 Å². The second-order valence-electron chi connectivity index (χ2n) is 7.54. The number of hydrogen-bond donors (Lipinski definition) is 1. The lowest BCUT2D eigenvalue weighted by Gasteiger charge is -2.30. The standard InChI is InChI=1S/C20H27N3O3S/c1-3-26-20(25)14-5-4-8-23(11-14)12-18(24)22-19-16(10-21)15-7-6-13(2)9-17(15)27-19/h13-14H,3-9,11-12H2,1-2H3,(H,22,24)/t13-,14-/m1/s1. The fourth-order valence-corrected chi connectivity index (χ4v) is 5.36. The van der Waals surface area contributed by atoms with Gasteiger partial charge in [-0.05, 0) is 57.1 Å². The zero-order chi connectivity index (χ0) is 19.4. The molecule has 27 heavy (non-hydrogen) atoms. The van der Waals surface area contributed by atoms with Crippen LogP contribution in [-0.4, -0.2) is 43.0 Å². The molecule has 2 atom stereocenters. The molecular formula is C20H27N3O3S. The number of piperidine rings is 1. The van der Waals surface area contributed by atoms with E-state index >= 15 is 0 Å². The van der Waals surface area contributed by atoms with E-state index in [0.717, 1.165) is 44.2 Å². The highest BCUT2D eigenvalue weighted by Gasteiger charge is 2.29. The fraction of sp³-hybridized carbons (Fsp3) is 0.650. The molecule has 1 amide bonds. The molecule has 0 saturated carbocycles. The van der Waals surface area contributed by atoms with Crippen molar-refractivity contribution in [1.29, 1.82) is 5.26 Å². The highest BCUT2D eigenvalue weighted by atomic mass is 32.1. The first-order chi connectivity index (χ1) is 13.0. The molecule has 1 N–H and O–H groups in total. The minimum atomic E-state index is -0.172. The van der Waals surface area contributed by atoms with Gasteiger partial charge in [0.1, 0.15) is 11.1 Å². The summed E-state index contributed by atoms with van der Waals surface area (Å²) in [6.07, 6.45) is 4.68. The smallest absolute Gasteiger partial charge is 0.310 e. The Morgan fingerprint density at radius 3 is 2.96 bits per heavy atom. The maximum atomic E-state index is 12.6. The number of thiophene rings is 1. The van der Waals surface area contributed by atoms with Gasteiger partial charge in [0.25, 0.3) is 0 Å². The van der Waals surface area contributed by atoms with Gasteiger partial charge in [0.2, 0.25) is 5.91 Å². The lowest BCUT2D eigenvalue weighted by atomic mass is 9.89. The Kier molecular flexibility index (Phi) is 6.51. The average molecular weight is 390 g/mol. The van der Waals surface area contributed by atoms with Crippen LogP contribution >= 0.6 is 11.3 Å². The Bertz CT molecular complexity index is 752. The zero-order valence-corrected chi connectivity index (χ0v) is 16.9. The zero-order valence-electron chi connectivity index (χ0n) is 16.0. The minimum Gasteiger partial charge on any atom is -0.466 e. The van der Waals surface area contributed by atoms with Crippen LogP contribution in [0.4, 0.5) is 5.00 Å². The lowest BCUT2D eigenvalue weighted by Crippen LogP contribution is -2.43. The molecule has 3 rings (SSSR count). The average Bonchev–Trinajstić information content (AvgIpc) is 2.97. The van der Waals surface area contributed by atoms with E-state index in [2.05, 4.69) is 18.3 Å². The Hall–Kier alpha value is -1.91. The predicted octanol–water partition coefficient (Wildman–Crippen LogP) is 2.96. The largest absolute Gasteiger partial charge is 0.466 e. The van der Waals surface area contributed by atoms with E-state index < -0.39 is 0 Å². The quantitative estimate of drug-likeness (QED) is 0.783. The van der Waals surface area contributed by atoms with E-state index in [0.29, 0.717) is 29.6 Å². The predicted molar refractivity (Wildman–Crippen MR) is 105 cm³/mol. The molecule has 2 heterocycles. The van der Waals surface area contributed by atoms with Crippen LogP contribution in [0.3, 0.4) is 0 Å². The van der Waals surface area contributed by atoms with Crippen molar-refractivity contribution in [3.8, 4) is 6.07 Å². The molecule has 0 unspecified atom stereocenters. The number of carbonyl (C=O) groups is 2. The van der Waals surface area contributed by atoms with Gasteiger partial charge in [0.15, 0.2) is 0 Å². The van der Waals surface area contributed by atoms with Crippen molar-refractivity contribution in [2.75, 3.05) is 31.6 Å². The highest BCUT2D eigenvalue weighted by Crippen LogP contribution is 2.39. The molecule has 6 nitrogen and oxygen atoms in total. The van der Waals surface area contributed by atoms with Crippen molar-refractivity contribution in [3.63, 3.8) is 0 Å². The molecule has 7 heteroatoms. The number of ether oxygens (including phenoxy) is 1. The van der Waals surface area contributed by atoms with E-state index in [9.17, 15) is 14.9 Å². The third-order valence-electron chi connectivity index (χ3n) is 5.37. The van der Waals surface area contributed by atoms with Crippen molar-refractivity contribution in [3.05, 3.63) is 16.0 Å². The summed E-state index contributed by atoms with van der Waals surface area (Å²) in [5.74, 6) is 0.174. The first kappa shape index (κ1) is 19.8. The first-order valence-corrected chi connectivity index (χ1v) is 10.6. The van der Waals surface area contributed by atoms with Crippen molar-refractivity contribution in [2.24, 2.45) is 11.8 Å². The second kappa shape index (κ2) is 8.85. The Morgan fingerprint density at radius 2 is 2.22 bits per heavy atom. The Labute approximate surface area is 164 Å². The number of anilines is 1. The molecule has 1 aliphatic heterocycles. The van der Waals surface area contributed by atoms with Crippen molar-refractivity contribution >= 4 is 28.2 Å². The van der Waals surface area contributed by atoms with Crippen LogP contribution in [0.2, 0.25) is 0 Å². The summed E-state index contributed by atoms with van der Waals surface area (Å²) in [6, 6.07) is 2.28. The molecule has 0 radical (unpaired) electrons. The number of nitriles is 1. The normalized spacial score (nSPS) is 22.6. The number of amides is 1. The molecule has 0 spiro atoms. The third-order valence-corrected chi connectivity index (χ3v) is 6.54. The van der Waals surface area contributed by atoms with Gasteiger partial charge >= 0.3 is 5.97 Å². The molecule has 0 bridgehead atoms. The lowest BCUT2D eigenvalue weighted by molar-refractivity contribution is -0.150. The van der Waals surface area contributed by atoms with Crippen LogP contribution in [0.15, 0.2) is 0 Å². The maximum Gasteiger partial charge on any atom is 0.310 e. The molecule has 2 aliphatic rings. The molecular weight excluding hydrogens is 362 g/mol. The summed E-state index contributed by atoms with van der Waals surface area (Å²) in [7, 11) is 0. The van der Waals surface area contributed by atoms with E-state index in [-0.39, 0.29) is 24.3 Å². The van der Waals surface area contributed by atoms with E-state index in [1.807, 2.05) is 4.90 Å². The van der Waals surface area contributed by atoms with Crippen LogP contribution < -0.4 is 5.32 Å². The summed E-state index contributed by atoms with van der Waals surface area (Å²) in [5, 5.41) is 13.2. The monoisotopic (exact) mass is 389 g/mol. The fourth-order valence-electron chi connectivity index (χ4n) is 3.98. The van der Waals surface area contributed by atoms with Gasteiger partial charge in [-0.1, -0.05) is 6.92 Å². The summed E-state index contributed by atoms with van der Waals surface area (Å²) < 4.78 is 5.12. The number of likely N-dealkylation sites (tertiary alicyclic amines) is 1. The van der Waals surface area contributed by atoms with Crippen LogP contribution in [-0.2, 0) is 27.2 Å². The Morgan fingerprint density at radius 1 is 1.41 bits per heavy atom. The van der Waals surface area contributed by atoms with Gasteiger partial charge in [-0.3, -0.25) is 14.5 Å². The van der Waals surface area contributed by atoms with Crippen LogP contribution in [0.1, 0.15) is 49.1 Å². The highest BCUT2D eigenvalue weighted by molar-refractivity contribution is 7.16. The number of carbonyl (C=O) groups excluding carboxylic acids is 2. The number of fused-ring (bicyclic) bond motifs is 1. The summed E-state index contributed by atoms with van der Waals surface area (Å²) in [6.45, 7) is 6.00. The third kappa shape index (κ3) is 4.69. The molecule has 1 aromatic rings. The van der Waals surface area contributed by atoms with Crippen molar-refractivity contribution in [1.82, 2.24) is 4.90 Å². The minimum absolute atomic E-state index is 0.123. The molecule has 1 saturated heterocycles. The molecule has 1 aromatic heterocycles. The number of rotatable bonds is 5. The number of hydrogen-bond acceptors (Lipinski definition) is 6. The number of esters is 1. The summed E-state index contributed by atoms with van der Waals surface area (Å²) in [4.78, 5) is 27.8. The van der Waals surface area contributed by atoms with E-state index in [4.69, 9.17) is 4.74 Å². The van der Waals surface area contributed by atoms with Crippen molar-refractivity contribution < 1.29 is 14.3 Å². The maximum absolute atomic E-state index is 12.6. The first-order valence-electron chi connectivity index (χ1n) is 9.75. The molecule has 1 aliphatic carbocycles. The van der Waals surface area contributed by atoms with Gasteiger partial charge < -0.3 is 10.1 Å². The second-order valence-corrected chi connectivity index (χ2v) is 8.65. The SMILES string of the molecule is CCOC(=O)[C@@H]1CCCN(CC(=O)Nc2sc3c(c2C#N)CC[C@@H](C)C3)C1. The van der Waals surface area contributed by atoms with Gasteiger partial charge in [-0.25, -0.2) is 0 Å². The molecule has 146 valence electrons. The van der Waals surface area contributed by atoms with Gasteiger partial charge in [-0.2, -0.15) is 5.26 Å². The molecule has 0 aromatic carbocycles.